The Kier molecular flexibility index (Phi) is 3.03. The van der Waals surface area contributed by atoms with E-state index in [1.54, 1.807) is 0 Å². The summed E-state index contributed by atoms with van der Waals surface area (Å²) in [6.07, 6.45) is 2.24. The molecular weight excluding hydrogens is 518 g/mol. The smallest absolute Gasteiger partial charge is 0.407 e. The molecule has 8 heterocycles. The van der Waals surface area contributed by atoms with Gasteiger partial charge in [0.2, 0.25) is 11.4 Å². The van der Waals surface area contributed by atoms with E-state index in [-0.39, 0.29) is 0 Å². The molecule has 0 bridgehead atoms. The molecule has 12 rings (SSSR count). The summed E-state index contributed by atoms with van der Waals surface area (Å²) in [5.41, 5.74) is 8.43. The lowest BCUT2D eigenvalue weighted by molar-refractivity contribution is -0.952. The summed E-state index contributed by atoms with van der Waals surface area (Å²) in [6, 6.07) is 39.2. The highest BCUT2D eigenvalue weighted by Gasteiger charge is 2.70. The number of rotatable bonds is 0. The molecule has 1 unspecified atom stereocenters. The SMILES string of the molecule is c1cc2c3c(c1)-c1cccc[n+]1C31c3c4ccccc4c4c5cc6oc7ccccc7c6cc5c5ccc([n+]1c5n34)O2. The highest BCUT2D eigenvalue weighted by atomic mass is 16.5. The van der Waals surface area contributed by atoms with Crippen LogP contribution in [0.4, 0.5) is 0 Å². The highest BCUT2D eigenvalue weighted by Crippen LogP contribution is 2.55. The van der Waals surface area contributed by atoms with Gasteiger partial charge in [-0.15, -0.1) is 9.13 Å². The Bertz CT molecular complexity index is 2790. The zero-order chi connectivity index (χ0) is 26.9. The molecule has 1 atom stereocenters. The number of pyridine rings is 3. The van der Waals surface area contributed by atoms with Crippen LogP contribution >= 0.6 is 0 Å². The van der Waals surface area contributed by atoms with Crippen LogP contribution in [0.3, 0.4) is 0 Å². The quantitative estimate of drug-likeness (QED) is 0.148. The predicted octanol–water partition coefficient (Wildman–Crippen LogP) is 7.57. The summed E-state index contributed by atoms with van der Waals surface area (Å²) in [7, 11) is 0. The number of fused-ring (bicyclic) bond motifs is 11. The number of para-hydroxylation sites is 1. The fourth-order valence-electron chi connectivity index (χ4n) is 8.54. The minimum absolute atomic E-state index is 0.618. The first kappa shape index (κ1) is 20.2. The van der Waals surface area contributed by atoms with E-state index in [1.807, 2.05) is 6.07 Å². The van der Waals surface area contributed by atoms with Gasteiger partial charge in [0.15, 0.2) is 6.20 Å². The number of benzene rings is 4. The standard InChI is InChI=1S/C37H19N3O2/c1-2-10-22-21(9-1)34-27-19-31-26(20-8-3-4-13-29(20)41-31)18-25(27)23-15-16-32-40-36(23)39(34)35(22)37(40)33-24(11-7-14-30(33)42-32)28-12-5-6-17-38(28)37/h1-19H/q+2. The van der Waals surface area contributed by atoms with Gasteiger partial charge in [-0.1, -0.05) is 36.4 Å². The Labute approximate surface area is 237 Å². The van der Waals surface area contributed by atoms with Crippen molar-refractivity contribution in [1.29, 1.82) is 0 Å². The summed E-state index contributed by atoms with van der Waals surface area (Å²) >= 11 is 0. The van der Waals surface area contributed by atoms with E-state index in [0.29, 0.717) is 0 Å². The second-order valence-electron chi connectivity index (χ2n) is 11.7. The first-order valence-corrected chi connectivity index (χ1v) is 14.4. The largest absolute Gasteiger partial charge is 0.456 e. The van der Waals surface area contributed by atoms with Crippen LogP contribution in [0.15, 0.2) is 120 Å². The third-order valence-electron chi connectivity index (χ3n) is 9.95. The minimum Gasteiger partial charge on any atom is -0.456 e. The predicted molar refractivity (Wildman–Crippen MR) is 161 cm³/mol. The summed E-state index contributed by atoms with van der Waals surface area (Å²) in [4.78, 5) is 0. The van der Waals surface area contributed by atoms with Gasteiger partial charge in [-0.2, -0.15) is 4.40 Å². The summed E-state index contributed by atoms with van der Waals surface area (Å²) in [6.45, 7) is 0. The molecular formula is C37H19N3O2+2. The lowest BCUT2D eigenvalue weighted by Crippen LogP contribution is -2.72. The molecule has 192 valence electrons. The normalized spacial score (nSPS) is 17.3. The molecule has 9 aromatic rings. The van der Waals surface area contributed by atoms with Gasteiger partial charge < -0.3 is 9.15 Å². The number of furan rings is 1. The van der Waals surface area contributed by atoms with Crippen LogP contribution in [0.5, 0.6) is 11.6 Å². The van der Waals surface area contributed by atoms with Crippen LogP contribution in [0, 0.1) is 0 Å². The van der Waals surface area contributed by atoms with Gasteiger partial charge in [0.25, 0.3) is 5.88 Å². The van der Waals surface area contributed by atoms with Crippen molar-refractivity contribution in [2.45, 2.75) is 5.66 Å². The molecule has 5 aromatic heterocycles. The van der Waals surface area contributed by atoms with Gasteiger partial charge in [-0.3, -0.25) is 0 Å². The number of hydrogen-bond acceptors (Lipinski definition) is 2. The van der Waals surface area contributed by atoms with Crippen molar-refractivity contribution < 1.29 is 18.3 Å². The molecule has 4 aromatic carbocycles. The van der Waals surface area contributed by atoms with E-state index < -0.39 is 5.66 Å². The fraction of sp³-hybridized carbons (Fsp3) is 0.0270. The Morgan fingerprint density at radius 2 is 1.48 bits per heavy atom. The number of ether oxygens (including phenoxy) is 1. The van der Waals surface area contributed by atoms with Crippen molar-refractivity contribution in [3.05, 3.63) is 127 Å². The molecule has 0 radical (unpaired) electrons. The van der Waals surface area contributed by atoms with Gasteiger partial charge in [-0.25, -0.2) is 0 Å². The molecule has 3 aliphatic heterocycles. The molecule has 1 spiro atoms. The van der Waals surface area contributed by atoms with E-state index >= 15 is 0 Å². The van der Waals surface area contributed by atoms with Crippen molar-refractivity contribution >= 4 is 60.0 Å². The molecule has 3 aliphatic rings. The second kappa shape index (κ2) is 6.29. The van der Waals surface area contributed by atoms with Crippen LogP contribution < -0.4 is 13.9 Å². The molecule has 5 nitrogen and oxygen atoms in total. The summed E-state index contributed by atoms with van der Waals surface area (Å²) in [5, 5.41) is 8.38. The van der Waals surface area contributed by atoms with Crippen LogP contribution in [-0.4, -0.2) is 4.40 Å². The Morgan fingerprint density at radius 1 is 0.619 bits per heavy atom. The van der Waals surface area contributed by atoms with Crippen molar-refractivity contribution in [3.63, 3.8) is 0 Å². The van der Waals surface area contributed by atoms with Gasteiger partial charge in [0, 0.05) is 50.5 Å². The zero-order valence-electron chi connectivity index (χ0n) is 22.1. The minimum atomic E-state index is -0.618. The molecule has 0 aliphatic carbocycles. The van der Waals surface area contributed by atoms with Gasteiger partial charge in [0.05, 0.1) is 10.9 Å². The van der Waals surface area contributed by atoms with Gasteiger partial charge in [-0.05, 0) is 54.6 Å². The lowest BCUT2D eigenvalue weighted by Gasteiger charge is -2.26. The van der Waals surface area contributed by atoms with E-state index in [1.165, 1.54) is 55.0 Å². The van der Waals surface area contributed by atoms with E-state index in [2.05, 4.69) is 123 Å². The van der Waals surface area contributed by atoms with Gasteiger partial charge in [0.1, 0.15) is 28.0 Å². The molecule has 0 saturated heterocycles. The van der Waals surface area contributed by atoms with Crippen LogP contribution in [0.2, 0.25) is 0 Å². The Balaban J connectivity index is 1.42. The fourth-order valence-corrected chi connectivity index (χ4v) is 8.54. The molecule has 5 heteroatoms. The molecule has 42 heavy (non-hydrogen) atoms. The third-order valence-corrected chi connectivity index (χ3v) is 9.95. The zero-order valence-corrected chi connectivity index (χ0v) is 22.1. The number of aromatic nitrogens is 3. The van der Waals surface area contributed by atoms with E-state index in [0.717, 1.165) is 39.2 Å². The van der Waals surface area contributed by atoms with E-state index in [4.69, 9.17) is 9.15 Å². The second-order valence-corrected chi connectivity index (χ2v) is 11.7. The molecule has 0 amide bonds. The molecule has 0 saturated carbocycles. The maximum Gasteiger partial charge on any atom is 0.407 e. The maximum absolute atomic E-state index is 6.74. The maximum atomic E-state index is 6.74. The average Bonchev–Trinajstić information content (AvgIpc) is 3.75. The third kappa shape index (κ3) is 1.88. The molecule has 0 N–H and O–H groups in total. The Morgan fingerprint density at radius 3 is 2.43 bits per heavy atom. The van der Waals surface area contributed by atoms with Gasteiger partial charge >= 0.3 is 11.3 Å². The summed E-state index contributed by atoms with van der Waals surface area (Å²) < 4.78 is 20.6. The van der Waals surface area contributed by atoms with Crippen molar-refractivity contribution in [1.82, 2.24) is 4.40 Å². The number of nitrogens with zero attached hydrogens (tertiary/aromatic N) is 3. The van der Waals surface area contributed by atoms with Crippen molar-refractivity contribution in [2.24, 2.45) is 0 Å². The first-order valence-electron chi connectivity index (χ1n) is 14.4. The van der Waals surface area contributed by atoms with E-state index in [9.17, 15) is 0 Å². The number of hydrogen-bond donors (Lipinski definition) is 0. The lowest BCUT2D eigenvalue weighted by atomic mass is 9.90. The van der Waals surface area contributed by atoms with Crippen LogP contribution in [0.1, 0.15) is 11.3 Å². The van der Waals surface area contributed by atoms with Crippen LogP contribution in [-0.2, 0) is 5.66 Å². The van der Waals surface area contributed by atoms with Crippen LogP contribution in [0.25, 0.3) is 71.3 Å². The van der Waals surface area contributed by atoms with Crippen molar-refractivity contribution in [3.8, 4) is 22.9 Å². The van der Waals surface area contributed by atoms with Crippen molar-refractivity contribution in [2.75, 3.05) is 0 Å². The Hall–Kier alpha value is -5.68. The molecule has 0 fully saturated rings. The highest BCUT2D eigenvalue weighted by molar-refractivity contribution is 6.24. The average molecular weight is 538 g/mol. The first-order chi connectivity index (χ1) is 20.8. The summed E-state index contributed by atoms with van der Waals surface area (Å²) in [5.74, 6) is 1.76. The topological polar surface area (TPSA) is 34.5 Å². The monoisotopic (exact) mass is 537 g/mol.